The van der Waals surface area contributed by atoms with Gasteiger partial charge in [-0.05, 0) is 42.7 Å². The molecule has 0 radical (unpaired) electrons. The highest BCUT2D eigenvalue weighted by Crippen LogP contribution is 2.21. The van der Waals surface area contributed by atoms with Crippen molar-refractivity contribution in [2.75, 3.05) is 25.0 Å². The number of pyridine rings is 1. The van der Waals surface area contributed by atoms with E-state index in [-0.39, 0.29) is 0 Å². The summed E-state index contributed by atoms with van der Waals surface area (Å²) in [4.78, 5) is 9.24. The van der Waals surface area contributed by atoms with Crippen LogP contribution in [0.15, 0.2) is 48.7 Å². The summed E-state index contributed by atoms with van der Waals surface area (Å²) in [6.45, 7) is 3.16. The Morgan fingerprint density at radius 1 is 1.17 bits per heavy atom. The lowest BCUT2D eigenvalue weighted by Crippen LogP contribution is -2.43. The Hall–Kier alpha value is -2.38. The van der Waals surface area contributed by atoms with Gasteiger partial charge in [-0.15, -0.1) is 0 Å². The third-order valence-electron chi connectivity index (χ3n) is 4.60. The van der Waals surface area contributed by atoms with Crippen LogP contribution in [0.25, 0.3) is 0 Å². The molecule has 2 heterocycles. The maximum atomic E-state index is 8.85. The van der Waals surface area contributed by atoms with Crippen LogP contribution in [-0.2, 0) is 6.54 Å². The highest BCUT2D eigenvalue weighted by Gasteiger charge is 2.23. The van der Waals surface area contributed by atoms with E-state index < -0.39 is 0 Å². The van der Waals surface area contributed by atoms with Crippen molar-refractivity contribution < 1.29 is 0 Å². The maximum Gasteiger partial charge on any atom is 0.128 e. The smallest absolute Gasteiger partial charge is 0.128 e. The van der Waals surface area contributed by atoms with Gasteiger partial charge in [0.05, 0.1) is 11.6 Å². The van der Waals surface area contributed by atoms with Crippen molar-refractivity contribution in [2.24, 2.45) is 0 Å². The van der Waals surface area contributed by atoms with E-state index >= 15 is 0 Å². The fourth-order valence-corrected chi connectivity index (χ4v) is 3.16. The van der Waals surface area contributed by atoms with Crippen molar-refractivity contribution in [3.8, 4) is 6.07 Å². The van der Waals surface area contributed by atoms with Gasteiger partial charge in [-0.25, -0.2) is 4.98 Å². The van der Waals surface area contributed by atoms with E-state index in [2.05, 4.69) is 46.1 Å². The molecule has 0 atom stereocenters. The maximum absolute atomic E-state index is 8.85. The normalized spacial score (nSPS) is 16.0. The second kappa shape index (κ2) is 7.26. The van der Waals surface area contributed by atoms with Crippen molar-refractivity contribution in [1.29, 1.82) is 5.26 Å². The van der Waals surface area contributed by atoms with E-state index in [9.17, 15) is 0 Å². The molecule has 4 heteroatoms. The second-order valence-corrected chi connectivity index (χ2v) is 6.11. The van der Waals surface area contributed by atoms with Crippen LogP contribution in [0, 0.1) is 11.3 Å². The first-order chi connectivity index (χ1) is 11.3. The van der Waals surface area contributed by atoms with Crippen LogP contribution in [0.2, 0.25) is 0 Å². The number of rotatable bonds is 4. The predicted molar refractivity (Wildman–Crippen MR) is 92.1 cm³/mol. The lowest BCUT2D eigenvalue weighted by Gasteiger charge is -2.37. The van der Waals surface area contributed by atoms with Crippen LogP contribution in [0.4, 0.5) is 5.82 Å². The Balaban J connectivity index is 1.53. The molecule has 1 aliphatic rings. The largest absolute Gasteiger partial charge is 0.357 e. The molecule has 0 saturated carbocycles. The van der Waals surface area contributed by atoms with Gasteiger partial charge in [0.15, 0.2) is 0 Å². The highest BCUT2D eigenvalue weighted by molar-refractivity contribution is 5.38. The first kappa shape index (κ1) is 15.5. The first-order valence-corrected chi connectivity index (χ1v) is 8.11. The van der Waals surface area contributed by atoms with E-state index in [0.29, 0.717) is 6.04 Å². The number of piperidine rings is 1. The number of benzene rings is 1. The summed E-state index contributed by atoms with van der Waals surface area (Å²) in [6.07, 6.45) is 4.17. The van der Waals surface area contributed by atoms with E-state index in [4.69, 9.17) is 5.26 Å². The quantitative estimate of drug-likeness (QED) is 0.871. The van der Waals surface area contributed by atoms with Gasteiger partial charge in [-0.2, -0.15) is 5.26 Å². The lowest BCUT2D eigenvalue weighted by atomic mass is 10.0. The molecule has 2 aromatic rings. The van der Waals surface area contributed by atoms with E-state index in [0.717, 1.165) is 43.9 Å². The Kier molecular flexibility index (Phi) is 4.89. The van der Waals surface area contributed by atoms with Crippen LogP contribution in [-0.4, -0.2) is 36.1 Å². The lowest BCUT2D eigenvalue weighted by molar-refractivity contribution is 0.203. The predicted octanol–water partition coefficient (Wildman–Crippen LogP) is 3.05. The van der Waals surface area contributed by atoms with Crippen molar-refractivity contribution in [3.05, 3.63) is 59.8 Å². The zero-order valence-corrected chi connectivity index (χ0v) is 13.5. The van der Waals surface area contributed by atoms with Gasteiger partial charge in [-0.3, -0.25) is 4.90 Å². The Morgan fingerprint density at radius 3 is 2.52 bits per heavy atom. The molecule has 0 unspecified atom stereocenters. The zero-order chi connectivity index (χ0) is 16.1. The monoisotopic (exact) mass is 306 g/mol. The van der Waals surface area contributed by atoms with Gasteiger partial charge in [0.2, 0.25) is 0 Å². The van der Waals surface area contributed by atoms with Crippen molar-refractivity contribution in [1.82, 2.24) is 9.88 Å². The van der Waals surface area contributed by atoms with Crippen LogP contribution < -0.4 is 4.90 Å². The summed E-state index contributed by atoms with van der Waals surface area (Å²) in [7, 11) is 2.14. The van der Waals surface area contributed by atoms with Crippen molar-refractivity contribution in [2.45, 2.75) is 25.4 Å². The van der Waals surface area contributed by atoms with Crippen molar-refractivity contribution in [3.63, 3.8) is 0 Å². The molecule has 0 bridgehead atoms. The molecule has 1 fully saturated rings. The summed E-state index contributed by atoms with van der Waals surface area (Å²) in [5, 5.41) is 8.85. The summed E-state index contributed by atoms with van der Waals surface area (Å²) < 4.78 is 0. The molecule has 0 amide bonds. The van der Waals surface area contributed by atoms with E-state index in [1.54, 1.807) is 0 Å². The molecular formula is C19H22N4. The molecule has 1 aromatic heterocycles. The number of anilines is 1. The SMILES string of the molecule is CN(c1ccccn1)C1CCN(Cc2ccc(C#N)cc2)CC1. The van der Waals surface area contributed by atoms with E-state index in [1.165, 1.54) is 5.56 Å². The summed E-state index contributed by atoms with van der Waals surface area (Å²) >= 11 is 0. The molecule has 4 nitrogen and oxygen atoms in total. The fraction of sp³-hybridized carbons (Fsp3) is 0.368. The summed E-state index contributed by atoms with van der Waals surface area (Å²) in [5.41, 5.74) is 2.00. The number of likely N-dealkylation sites (tertiary alicyclic amines) is 1. The number of hydrogen-bond donors (Lipinski definition) is 0. The molecule has 0 aliphatic carbocycles. The number of nitrogens with zero attached hydrogens (tertiary/aromatic N) is 4. The third-order valence-corrected chi connectivity index (χ3v) is 4.60. The first-order valence-electron chi connectivity index (χ1n) is 8.11. The Bertz CT molecular complexity index is 652. The van der Waals surface area contributed by atoms with E-state index in [1.807, 2.05) is 30.5 Å². The minimum Gasteiger partial charge on any atom is -0.357 e. The number of hydrogen-bond acceptors (Lipinski definition) is 4. The average Bonchev–Trinajstić information content (AvgIpc) is 2.63. The molecule has 1 aliphatic heterocycles. The molecule has 3 rings (SSSR count). The average molecular weight is 306 g/mol. The van der Waals surface area contributed by atoms with Crippen molar-refractivity contribution >= 4 is 5.82 Å². The fourth-order valence-electron chi connectivity index (χ4n) is 3.16. The Labute approximate surface area is 138 Å². The van der Waals surface area contributed by atoms with Crippen LogP contribution in [0.5, 0.6) is 0 Å². The molecule has 0 N–H and O–H groups in total. The molecular weight excluding hydrogens is 284 g/mol. The highest BCUT2D eigenvalue weighted by atomic mass is 15.2. The molecule has 1 saturated heterocycles. The van der Waals surface area contributed by atoms with Gasteiger partial charge in [0.1, 0.15) is 5.82 Å². The van der Waals surface area contributed by atoms with Gasteiger partial charge in [0.25, 0.3) is 0 Å². The van der Waals surface area contributed by atoms with Gasteiger partial charge < -0.3 is 4.90 Å². The van der Waals surface area contributed by atoms with Crippen LogP contribution >= 0.6 is 0 Å². The standard InChI is InChI=1S/C19H22N4/c1-22(19-4-2-3-11-21-19)18-9-12-23(13-10-18)15-17-7-5-16(14-20)6-8-17/h2-8,11,18H,9-10,12-13,15H2,1H3. The van der Waals surface area contributed by atoms with Gasteiger partial charge in [0, 0.05) is 38.9 Å². The molecule has 118 valence electrons. The van der Waals surface area contributed by atoms with Crippen LogP contribution in [0.1, 0.15) is 24.0 Å². The van der Waals surface area contributed by atoms with Crippen LogP contribution in [0.3, 0.4) is 0 Å². The second-order valence-electron chi connectivity index (χ2n) is 6.11. The molecule has 0 spiro atoms. The summed E-state index contributed by atoms with van der Waals surface area (Å²) in [6, 6.07) is 16.7. The summed E-state index contributed by atoms with van der Waals surface area (Å²) in [5.74, 6) is 1.05. The van der Waals surface area contributed by atoms with Gasteiger partial charge in [-0.1, -0.05) is 18.2 Å². The molecule has 1 aromatic carbocycles. The third kappa shape index (κ3) is 3.88. The minimum absolute atomic E-state index is 0.558. The Morgan fingerprint density at radius 2 is 1.91 bits per heavy atom. The topological polar surface area (TPSA) is 43.2 Å². The van der Waals surface area contributed by atoms with Gasteiger partial charge >= 0.3 is 0 Å². The molecule has 23 heavy (non-hydrogen) atoms. The number of aromatic nitrogens is 1. The zero-order valence-electron chi connectivity index (χ0n) is 13.5. The number of nitriles is 1. The minimum atomic E-state index is 0.558.